The summed E-state index contributed by atoms with van der Waals surface area (Å²) >= 11 is 6.00. The second-order valence-corrected chi connectivity index (χ2v) is 7.11. The summed E-state index contributed by atoms with van der Waals surface area (Å²) in [6.45, 7) is 3.38. The van der Waals surface area contributed by atoms with E-state index in [1.807, 2.05) is 25.3 Å². The van der Waals surface area contributed by atoms with Gasteiger partial charge in [0.1, 0.15) is 5.75 Å². The molecule has 0 radical (unpaired) electrons. The van der Waals surface area contributed by atoms with Crippen molar-refractivity contribution in [1.29, 1.82) is 0 Å². The van der Waals surface area contributed by atoms with E-state index in [4.69, 9.17) is 16.0 Å². The Hall–Kier alpha value is -3.06. The van der Waals surface area contributed by atoms with Gasteiger partial charge in [-0.15, -0.1) is 0 Å². The number of hydrogen-bond acceptors (Lipinski definition) is 6. The highest BCUT2D eigenvalue weighted by Crippen LogP contribution is 2.35. The minimum atomic E-state index is 0.0964. The molecule has 0 amide bonds. The van der Waals surface area contributed by atoms with E-state index >= 15 is 0 Å². The third-order valence-corrected chi connectivity index (χ3v) is 5.07. The number of phenolic OH excluding ortho intramolecular Hbond substituents is 1. The Bertz CT molecular complexity index is 1140. The Kier molecular flexibility index (Phi) is 3.58. The lowest BCUT2D eigenvalue weighted by Crippen LogP contribution is -2.30. The maximum Gasteiger partial charge on any atom is 0.300 e. The lowest BCUT2D eigenvalue weighted by molar-refractivity contribution is 0.477. The smallest absolute Gasteiger partial charge is 0.300 e. The normalized spacial score (nSPS) is 13.9. The van der Waals surface area contributed by atoms with Gasteiger partial charge < -0.3 is 14.4 Å². The number of phenols is 1. The minimum Gasteiger partial charge on any atom is -0.507 e. The molecule has 0 unspecified atom stereocenters. The highest BCUT2D eigenvalue weighted by molar-refractivity contribution is 6.31. The van der Waals surface area contributed by atoms with E-state index in [-0.39, 0.29) is 5.75 Å². The molecular weight excluding hydrogens is 366 g/mol. The van der Waals surface area contributed by atoms with Crippen molar-refractivity contribution in [2.24, 2.45) is 0 Å². The van der Waals surface area contributed by atoms with E-state index < -0.39 is 0 Å². The summed E-state index contributed by atoms with van der Waals surface area (Å²) in [4.78, 5) is 11.2. The molecule has 0 saturated heterocycles. The Morgan fingerprint density at radius 3 is 3.00 bits per heavy atom. The summed E-state index contributed by atoms with van der Waals surface area (Å²) in [7, 11) is 0. The summed E-state index contributed by atoms with van der Waals surface area (Å²) in [6, 6.07) is 7.50. The molecule has 1 aromatic carbocycles. The number of pyridine rings is 1. The first-order valence-corrected chi connectivity index (χ1v) is 8.99. The van der Waals surface area contributed by atoms with Crippen molar-refractivity contribution in [1.82, 2.24) is 20.2 Å². The van der Waals surface area contributed by atoms with Crippen LogP contribution in [-0.4, -0.2) is 31.8 Å². The van der Waals surface area contributed by atoms with Gasteiger partial charge in [-0.1, -0.05) is 11.6 Å². The SMILES string of the molecule is Cc1cc(Cl)cc(O)c1-c1ccc2oc(N3CCc4[nH]ncc4C3)nc2n1. The first-order valence-electron chi connectivity index (χ1n) is 8.61. The van der Waals surface area contributed by atoms with Gasteiger partial charge in [0.25, 0.3) is 6.01 Å². The average Bonchev–Trinajstić information content (AvgIpc) is 3.26. The van der Waals surface area contributed by atoms with Crippen LogP contribution in [0.4, 0.5) is 6.01 Å². The largest absolute Gasteiger partial charge is 0.507 e. The van der Waals surface area contributed by atoms with Crippen LogP contribution < -0.4 is 4.90 Å². The molecule has 0 fully saturated rings. The molecule has 5 rings (SSSR count). The topological polar surface area (TPSA) is 91.1 Å². The molecule has 27 heavy (non-hydrogen) atoms. The predicted octanol–water partition coefficient (Wildman–Crippen LogP) is 3.84. The molecule has 7 nitrogen and oxygen atoms in total. The molecule has 3 aromatic heterocycles. The van der Waals surface area contributed by atoms with Crippen molar-refractivity contribution in [2.75, 3.05) is 11.4 Å². The Morgan fingerprint density at radius 2 is 2.15 bits per heavy atom. The van der Waals surface area contributed by atoms with Crippen molar-refractivity contribution in [2.45, 2.75) is 19.9 Å². The summed E-state index contributed by atoms with van der Waals surface area (Å²) in [6.07, 6.45) is 2.71. The van der Waals surface area contributed by atoms with Gasteiger partial charge in [-0.25, -0.2) is 4.98 Å². The fourth-order valence-corrected chi connectivity index (χ4v) is 3.79. The standard InChI is InChI=1S/C19H16ClN5O2/c1-10-6-12(20)7-15(26)17(10)14-2-3-16-18(22-14)23-19(27-16)25-5-4-13-11(9-25)8-21-24-13/h2-3,6-8,26H,4-5,9H2,1H3,(H,21,24). The van der Waals surface area contributed by atoms with Crippen molar-refractivity contribution in [3.8, 4) is 17.0 Å². The summed E-state index contributed by atoms with van der Waals surface area (Å²) in [5.74, 6) is 0.0964. The number of oxazole rings is 1. The Labute approximate surface area is 159 Å². The first kappa shape index (κ1) is 16.1. The van der Waals surface area contributed by atoms with Crippen molar-refractivity contribution < 1.29 is 9.52 Å². The van der Waals surface area contributed by atoms with Gasteiger partial charge in [0.15, 0.2) is 5.58 Å². The molecule has 0 aliphatic carbocycles. The van der Waals surface area contributed by atoms with Crippen molar-refractivity contribution in [3.63, 3.8) is 0 Å². The quantitative estimate of drug-likeness (QED) is 0.548. The molecule has 0 bridgehead atoms. The van der Waals surface area contributed by atoms with Crippen LogP contribution in [-0.2, 0) is 13.0 Å². The Balaban J connectivity index is 1.53. The van der Waals surface area contributed by atoms with E-state index in [1.165, 1.54) is 6.07 Å². The number of aryl methyl sites for hydroxylation is 1. The fraction of sp³-hybridized carbons (Fsp3) is 0.211. The van der Waals surface area contributed by atoms with Gasteiger partial charge in [0.2, 0.25) is 5.65 Å². The number of aromatic amines is 1. The molecule has 4 aromatic rings. The van der Waals surface area contributed by atoms with Crippen molar-refractivity contribution >= 4 is 28.8 Å². The van der Waals surface area contributed by atoms with Crippen LogP contribution in [0.3, 0.4) is 0 Å². The molecule has 8 heteroatoms. The molecule has 4 heterocycles. The van der Waals surface area contributed by atoms with Gasteiger partial charge in [-0.3, -0.25) is 5.10 Å². The van der Waals surface area contributed by atoms with Gasteiger partial charge >= 0.3 is 0 Å². The third-order valence-electron chi connectivity index (χ3n) is 4.85. The van der Waals surface area contributed by atoms with Crippen LogP contribution in [0.15, 0.2) is 34.9 Å². The highest BCUT2D eigenvalue weighted by Gasteiger charge is 2.22. The maximum atomic E-state index is 10.3. The van der Waals surface area contributed by atoms with Gasteiger partial charge in [0.05, 0.1) is 18.4 Å². The Morgan fingerprint density at radius 1 is 1.26 bits per heavy atom. The van der Waals surface area contributed by atoms with E-state index in [0.717, 1.165) is 29.8 Å². The summed E-state index contributed by atoms with van der Waals surface area (Å²) in [5, 5.41) is 17.9. The highest BCUT2D eigenvalue weighted by atomic mass is 35.5. The second-order valence-electron chi connectivity index (χ2n) is 6.68. The number of fused-ring (bicyclic) bond motifs is 2. The molecular formula is C19H16ClN5O2. The number of aromatic nitrogens is 4. The van der Waals surface area contributed by atoms with Gasteiger partial charge in [-0.05, 0) is 36.8 Å². The number of anilines is 1. The lowest BCUT2D eigenvalue weighted by Gasteiger charge is -2.24. The van der Waals surface area contributed by atoms with Crippen molar-refractivity contribution in [3.05, 3.63) is 52.3 Å². The van der Waals surface area contributed by atoms with E-state index in [1.54, 1.807) is 6.07 Å². The number of hydrogen-bond donors (Lipinski definition) is 2. The number of benzene rings is 1. The van der Waals surface area contributed by atoms with Crippen LogP contribution in [0.5, 0.6) is 5.75 Å². The number of H-pyrrole nitrogens is 1. The molecule has 1 aliphatic rings. The van der Waals surface area contributed by atoms with Crippen LogP contribution in [0.25, 0.3) is 22.5 Å². The molecule has 1 aliphatic heterocycles. The van der Waals surface area contributed by atoms with Crippen LogP contribution >= 0.6 is 11.6 Å². The minimum absolute atomic E-state index is 0.0964. The molecule has 0 saturated carbocycles. The number of rotatable bonds is 2. The van der Waals surface area contributed by atoms with E-state index in [9.17, 15) is 5.11 Å². The zero-order valence-electron chi connectivity index (χ0n) is 14.5. The van der Waals surface area contributed by atoms with Crippen LogP contribution in [0.1, 0.15) is 16.8 Å². The number of nitrogens with one attached hydrogen (secondary N) is 1. The second kappa shape index (κ2) is 5.99. The number of aromatic hydroxyl groups is 1. The zero-order valence-corrected chi connectivity index (χ0v) is 15.3. The van der Waals surface area contributed by atoms with E-state index in [2.05, 4.69) is 25.1 Å². The molecule has 2 N–H and O–H groups in total. The van der Waals surface area contributed by atoms with Crippen LogP contribution in [0.2, 0.25) is 5.02 Å². The van der Waals surface area contributed by atoms with Crippen LogP contribution in [0, 0.1) is 6.92 Å². The predicted molar refractivity (Wildman–Crippen MR) is 102 cm³/mol. The van der Waals surface area contributed by atoms with E-state index in [0.29, 0.717) is 40.1 Å². The lowest BCUT2D eigenvalue weighted by atomic mass is 10.0. The zero-order chi connectivity index (χ0) is 18.5. The third kappa shape index (κ3) is 2.71. The first-order chi connectivity index (χ1) is 13.1. The number of nitrogens with zero attached hydrogens (tertiary/aromatic N) is 4. The van der Waals surface area contributed by atoms with Gasteiger partial charge in [0, 0.05) is 34.8 Å². The number of halogens is 1. The summed E-state index contributed by atoms with van der Waals surface area (Å²) < 4.78 is 5.91. The fourth-order valence-electron chi connectivity index (χ4n) is 3.53. The molecule has 136 valence electrons. The maximum absolute atomic E-state index is 10.3. The monoisotopic (exact) mass is 381 g/mol. The summed E-state index contributed by atoms with van der Waals surface area (Å²) in [5.41, 5.74) is 5.55. The van der Waals surface area contributed by atoms with Gasteiger partial charge in [-0.2, -0.15) is 10.1 Å². The molecule has 0 atom stereocenters. The molecule has 0 spiro atoms. The average molecular weight is 382 g/mol.